The van der Waals surface area contributed by atoms with Crippen molar-refractivity contribution in [1.82, 2.24) is 4.90 Å². The van der Waals surface area contributed by atoms with Crippen LogP contribution >= 0.6 is 0 Å². The lowest BCUT2D eigenvalue weighted by Gasteiger charge is -2.25. The molecule has 150 valence electrons. The molecule has 0 radical (unpaired) electrons. The average Bonchev–Trinajstić information content (AvgIpc) is 2.64. The van der Waals surface area contributed by atoms with Gasteiger partial charge >= 0.3 is 0 Å². The number of hydrogen-bond donors (Lipinski definition) is 2. The van der Waals surface area contributed by atoms with Crippen LogP contribution in [0.15, 0.2) is 42.5 Å². The van der Waals surface area contributed by atoms with E-state index in [1.54, 1.807) is 11.9 Å². The van der Waals surface area contributed by atoms with E-state index in [2.05, 4.69) is 17.4 Å². The predicted molar refractivity (Wildman–Crippen MR) is 113 cm³/mol. The van der Waals surface area contributed by atoms with Gasteiger partial charge in [0.25, 0.3) is 11.8 Å². The van der Waals surface area contributed by atoms with Crippen LogP contribution in [0.3, 0.4) is 0 Å². The largest absolute Gasteiger partial charge is 0.336 e. The summed E-state index contributed by atoms with van der Waals surface area (Å²) in [5, 5.41) is 3.01. The molecule has 2 rings (SSSR count). The van der Waals surface area contributed by atoms with Gasteiger partial charge in [-0.2, -0.15) is 0 Å². The molecule has 0 spiro atoms. The van der Waals surface area contributed by atoms with Gasteiger partial charge in [-0.3, -0.25) is 9.59 Å². The van der Waals surface area contributed by atoms with Crippen molar-refractivity contribution in [2.45, 2.75) is 40.3 Å². The number of quaternary nitrogens is 1. The summed E-state index contributed by atoms with van der Waals surface area (Å²) in [5.74, 6) is -0.0604. The van der Waals surface area contributed by atoms with Crippen molar-refractivity contribution >= 4 is 17.5 Å². The molecular formula is C23H32N3O2+. The lowest BCUT2D eigenvalue weighted by atomic mass is 10.1. The molecule has 0 saturated heterocycles. The Morgan fingerprint density at radius 3 is 2.21 bits per heavy atom. The maximum atomic E-state index is 12.7. The van der Waals surface area contributed by atoms with Crippen LogP contribution in [0.5, 0.6) is 0 Å². The Balaban J connectivity index is 1.94. The van der Waals surface area contributed by atoms with Crippen molar-refractivity contribution in [3.05, 3.63) is 64.7 Å². The molecule has 28 heavy (non-hydrogen) atoms. The molecule has 0 aliphatic rings. The number of hydrogen-bond acceptors (Lipinski definition) is 2. The highest BCUT2D eigenvalue weighted by molar-refractivity contribution is 5.93. The maximum Gasteiger partial charge on any atom is 0.280 e. The number of anilines is 1. The fraction of sp³-hybridized carbons (Fsp3) is 0.391. The molecule has 1 unspecified atom stereocenters. The van der Waals surface area contributed by atoms with Gasteiger partial charge in [-0.05, 0) is 44.4 Å². The number of rotatable bonds is 7. The Morgan fingerprint density at radius 1 is 1.07 bits per heavy atom. The molecule has 0 aliphatic heterocycles. The van der Waals surface area contributed by atoms with E-state index in [0.717, 1.165) is 27.3 Å². The van der Waals surface area contributed by atoms with Crippen molar-refractivity contribution in [1.29, 1.82) is 0 Å². The minimum Gasteiger partial charge on any atom is -0.336 e. The number of carbonyl (C=O) groups is 2. The molecule has 0 bridgehead atoms. The van der Waals surface area contributed by atoms with Crippen LogP contribution in [0.4, 0.5) is 5.69 Å². The lowest BCUT2D eigenvalue weighted by Crippen LogP contribution is -3.15. The van der Waals surface area contributed by atoms with Gasteiger partial charge in [-0.25, -0.2) is 0 Å². The monoisotopic (exact) mass is 382 g/mol. The van der Waals surface area contributed by atoms with Crippen molar-refractivity contribution in [3.63, 3.8) is 0 Å². The molecule has 0 saturated carbocycles. The standard InChI is InChI=1S/C23H31N3O2/c1-16-12-17(2)22(18(3)13-16)24-21(27)15-25(5)19(4)23(28)26(6)14-20-10-8-7-9-11-20/h7-13,19H,14-15H2,1-6H3,(H,24,27)/p+1/t19-/m0/s1. The Kier molecular flexibility index (Phi) is 7.35. The molecule has 5 heteroatoms. The summed E-state index contributed by atoms with van der Waals surface area (Å²) in [6.07, 6.45) is 0. The van der Waals surface area contributed by atoms with E-state index in [1.807, 2.05) is 65.1 Å². The Hall–Kier alpha value is -2.66. The van der Waals surface area contributed by atoms with Crippen LogP contribution in [0, 0.1) is 20.8 Å². The van der Waals surface area contributed by atoms with Gasteiger partial charge in [0, 0.05) is 19.3 Å². The fourth-order valence-electron chi connectivity index (χ4n) is 3.44. The van der Waals surface area contributed by atoms with Gasteiger partial charge in [0.05, 0.1) is 7.05 Å². The van der Waals surface area contributed by atoms with Gasteiger partial charge in [-0.15, -0.1) is 0 Å². The molecule has 5 nitrogen and oxygen atoms in total. The van der Waals surface area contributed by atoms with E-state index in [-0.39, 0.29) is 24.4 Å². The zero-order chi connectivity index (χ0) is 20.8. The zero-order valence-electron chi connectivity index (χ0n) is 17.8. The Morgan fingerprint density at radius 2 is 1.64 bits per heavy atom. The Labute approximate surface area is 168 Å². The zero-order valence-corrected chi connectivity index (χ0v) is 17.8. The van der Waals surface area contributed by atoms with E-state index in [1.165, 1.54) is 5.56 Å². The highest BCUT2D eigenvalue weighted by atomic mass is 16.2. The first-order valence-corrected chi connectivity index (χ1v) is 9.68. The van der Waals surface area contributed by atoms with Gasteiger partial charge in [0.2, 0.25) is 0 Å². The molecular weight excluding hydrogens is 350 g/mol. The predicted octanol–water partition coefficient (Wildman–Crippen LogP) is 2.11. The van der Waals surface area contributed by atoms with Gasteiger partial charge in [-0.1, -0.05) is 48.0 Å². The molecule has 2 N–H and O–H groups in total. The number of amides is 2. The minimum atomic E-state index is -0.306. The lowest BCUT2D eigenvalue weighted by molar-refractivity contribution is -0.886. The fourth-order valence-corrected chi connectivity index (χ4v) is 3.44. The van der Waals surface area contributed by atoms with E-state index in [0.29, 0.717) is 6.54 Å². The summed E-state index contributed by atoms with van der Waals surface area (Å²) in [4.78, 5) is 27.9. The number of benzene rings is 2. The summed E-state index contributed by atoms with van der Waals surface area (Å²) in [7, 11) is 3.69. The summed E-state index contributed by atoms with van der Waals surface area (Å²) in [6.45, 7) is 8.70. The Bertz CT molecular complexity index is 810. The van der Waals surface area contributed by atoms with Crippen LogP contribution in [0.1, 0.15) is 29.2 Å². The summed E-state index contributed by atoms with van der Waals surface area (Å²) in [6, 6.07) is 13.7. The third-order valence-corrected chi connectivity index (χ3v) is 5.13. The average molecular weight is 383 g/mol. The molecule has 0 aromatic heterocycles. The van der Waals surface area contributed by atoms with E-state index >= 15 is 0 Å². The van der Waals surface area contributed by atoms with Crippen LogP contribution in [-0.4, -0.2) is 43.4 Å². The van der Waals surface area contributed by atoms with Crippen molar-refractivity contribution < 1.29 is 14.5 Å². The molecule has 0 heterocycles. The minimum absolute atomic E-state index is 0.0249. The quantitative estimate of drug-likeness (QED) is 0.771. The topological polar surface area (TPSA) is 53.9 Å². The van der Waals surface area contributed by atoms with Crippen LogP contribution in [0.25, 0.3) is 0 Å². The SMILES string of the molecule is Cc1cc(C)c(NC(=O)C[NH+](C)[C@@H](C)C(=O)N(C)Cc2ccccc2)c(C)c1. The second-order valence-corrected chi connectivity index (χ2v) is 7.75. The van der Waals surface area contributed by atoms with E-state index in [4.69, 9.17) is 0 Å². The second kappa shape index (κ2) is 9.51. The van der Waals surface area contributed by atoms with Crippen molar-refractivity contribution in [3.8, 4) is 0 Å². The molecule has 2 aromatic carbocycles. The molecule has 0 aliphatic carbocycles. The van der Waals surface area contributed by atoms with Gasteiger partial charge in [0.15, 0.2) is 12.6 Å². The summed E-state index contributed by atoms with van der Waals surface area (Å²) in [5.41, 5.74) is 5.23. The molecule has 2 atom stereocenters. The highest BCUT2D eigenvalue weighted by Gasteiger charge is 2.27. The van der Waals surface area contributed by atoms with Gasteiger partial charge in [0.1, 0.15) is 0 Å². The highest BCUT2D eigenvalue weighted by Crippen LogP contribution is 2.21. The van der Waals surface area contributed by atoms with Gasteiger partial charge < -0.3 is 15.1 Å². The van der Waals surface area contributed by atoms with E-state index < -0.39 is 0 Å². The number of likely N-dealkylation sites (N-methyl/N-ethyl adjacent to an activating group) is 2. The van der Waals surface area contributed by atoms with Crippen LogP contribution in [-0.2, 0) is 16.1 Å². The van der Waals surface area contributed by atoms with Crippen LogP contribution < -0.4 is 10.2 Å². The van der Waals surface area contributed by atoms with Crippen molar-refractivity contribution in [2.75, 3.05) is 26.0 Å². The summed E-state index contributed by atoms with van der Waals surface area (Å²) >= 11 is 0. The number of nitrogens with one attached hydrogen (secondary N) is 2. The number of aryl methyl sites for hydroxylation is 3. The smallest absolute Gasteiger partial charge is 0.280 e. The molecule has 0 fully saturated rings. The molecule has 2 amide bonds. The number of nitrogens with zero attached hydrogens (tertiary/aromatic N) is 1. The first kappa shape index (κ1) is 21.6. The summed E-state index contributed by atoms with van der Waals surface area (Å²) < 4.78 is 0. The normalized spacial score (nSPS) is 12.9. The van der Waals surface area contributed by atoms with Crippen molar-refractivity contribution in [2.24, 2.45) is 0 Å². The maximum absolute atomic E-state index is 12.7. The van der Waals surface area contributed by atoms with Crippen LogP contribution in [0.2, 0.25) is 0 Å². The third kappa shape index (κ3) is 5.67. The molecule has 2 aromatic rings. The second-order valence-electron chi connectivity index (χ2n) is 7.75. The number of carbonyl (C=O) groups excluding carboxylic acids is 2. The van der Waals surface area contributed by atoms with E-state index in [9.17, 15) is 9.59 Å². The third-order valence-electron chi connectivity index (χ3n) is 5.13. The first-order chi connectivity index (χ1) is 13.2. The first-order valence-electron chi connectivity index (χ1n) is 9.68.